The number of hydrogen-bond donors (Lipinski definition) is 1. The minimum Gasteiger partial charge on any atom is -0.497 e. The first-order valence-corrected chi connectivity index (χ1v) is 10.6. The Morgan fingerprint density at radius 1 is 1.00 bits per heavy atom. The molecule has 0 unspecified atom stereocenters. The van der Waals surface area contributed by atoms with Gasteiger partial charge < -0.3 is 19.9 Å². The highest BCUT2D eigenvalue weighted by atomic mass is 127. The van der Waals surface area contributed by atoms with E-state index in [4.69, 9.17) is 9.73 Å². The molecular formula is C23H30IN7O. The van der Waals surface area contributed by atoms with Crippen LogP contribution in [0.25, 0.3) is 5.69 Å². The molecule has 1 aliphatic rings. The zero-order valence-electron chi connectivity index (χ0n) is 18.5. The summed E-state index contributed by atoms with van der Waals surface area (Å²) in [5.74, 6) is 2.62. The van der Waals surface area contributed by atoms with Crippen LogP contribution < -0.4 is 15.0 Å². The van der Waals surface area contributed by atoms with Gasteiger partial charge in [0.1, 0.15) is 18.6 Å². The number of hydrogen-bond acceptors (Lipinski definition) is 5. The molecule has 170 valence electrons. The number of nitrogens with zero attached hydrogens (tertiary/aromatic N) is 6. The predicted molar refractivity (Wildman–Crippen MR) is 138 cm³/mol. The molecule has 2 heterocycles. The smallest absolute Gasteiger partial charge is 0.194 e. The minimum absolute atomic E-state index is 0. The Balaban J connectivity index is 0.00000289. The Kier molecular flexibility index (Phi) is 8.72. The van der Waals surface area contributed by atoms with Crippen molar-refractivity contribution in [2.75, 3.05) is 44.7 Å². The van der Waals surface area contributed by atoms with Crippen LogP contribution in [0.4, 0.5) is 5.69 Å². The fourth-order valence-electron chi connectivity index (χ4n) is 3.71. The van der Waals surface area contributed by atoms with Crippen LogP contribution in [0.15, 0.2) is 65.9 Å². The minimum atomic E-state index is 0. The maximum Gasteiger partial charge on any atom is 0.194 e. The van der Waals surface area contributed by atoms with Gasteiger partial charge in [-0.1, -0.05) is 18.2 Å². The lowest BCUT2D eigenvalue weighted by Crippen LogP contribution is -2.52. The Morgan fingerprint density at radius 3 is 2.38 bits per heavy atom. The van der Waals surface area contributed by atoms with Gasteiger partial charge in [-0.25, -0.2) is 4.99 Å². The lowest BCUT2D eigenvalue weighted by molar-refractivity contribution is 0.372. The number of anilines is 1. The molecule has 1 fully saturated rings. The van der Waals surface area contributed by atoms with Crippen LogP contribution in [0.3, 0.4) is 0 Å². The first kappa shape index (κ1) is 23.8. The van der Waals surface area contributed by atoms with E-state index in [-0.39, 0.29) is 24.0 Å². The summed E-state index contributed by atoms with van der Waals surface area (Å²) in [7, 11) is 1.69. The van der Waals surface area contributed by atoms with E-state index in [1.807, 2.05) is 47.0 Å². The molecule has 1 N–H and O–H groups in total. The Morgan fingerprint density at radius 2 is 1.72 bits per heavy atom. The third-order valence-corrected chi connectivity index (χ3v) is 5.37. The van der Waals surface area contributed by atoms with Gasteiger partial charge in [-0.2, -0.15) is 0 Å². The SMILES string of the molecule is CCNC(=NCc1nncn1-c1ccccc1)N1CCN(c2ccc(OC)cc2)CC1.I. The van der Waals surface area contributed by atoms with E-state index in [0.29, 0.717) is 6.54 Å². The van der Waals surface area contributed by atoms with Gasteiger partial charge in [0, 0.05) is 44.1 Å². The zero-order valence-corrected chi connectivity index (χ0v) is 20.8. The zero-order chi connectivity index (χ0) is 21.5. The summed E-state index contributed by atoms with van der Waals surface area (Å²) in [6, 6.07) is 18.4. The number of aliphatic imine (C=N–C) groups is 1. The van der Waals surface area contributed by atoms with Crippen molar-refractivity contribution < 1.29 is 4.74 Å². The number of rotatable bonds is 6. The lowest BCUT2D eigenvalue weighted by atomic mass is 10.2. The lowest BCUT2D eigenvalue weighted by Gasteiger charge is -2.37. The van der Waals surface area contributed by atoms with Gasteiger partial charge >= 0.3 is 0 Å². The molecular weight excluding hydrogens is 517 g/mol. The summed E-state index contributed by atoms with van der Waals surface area (Å²) in [5.41, 5.74) is 2.26. The first-order chi connectivity index (χ1) is 15.3. The van der Waals surface area contributed by atoms with Gasteiger partial charge in [0.25, 0.3) is 0 Å². The Bertz CT molecular complexity index is 983. The number of guanidine groups is 1. The van der Waals surface area contributed by atoms with Crippen molar-refractivity contribution >= 4 is 35.6 Å². The van der Waals surface area contributed by atoms with E-state index in [1.165, 1.54) is 5.69 Å². The van der Waals surface area contributed by atoms with Crippen molar-refractivity contribution in [1.82, 2.24) is 25.0 Å². The normalized spacial score (nSPS) is 14.1. The summed E-state index contributed by atoms with van der Waals surface area (Å²) >= 11 is 0. The summed E-state index contributed by atoms with van der Waals surface area (Å²) in [6.45, 7) is 7.08. The van der Waals surface area contributed by atoms with E-state index in [2.05, 4.69) is 44.4 Å². The van der Waals surface area contributed by atoms with E-state index < -0.39 is 0 Å². The second-order valence-corrected chi connectivity index (χ2v) is 7.30. The highest BCUT2D eigenvalue weighted by Gasteiger charge is 2.20. The van der Waals surface area contributed by atoms with Crippen LogP contribution in [0.2, 0.25) is 0 Å². The monoisotopic (exact) mass is 547 g/mol. The molecule has 32 heavy (non-hydrogen) atoms. The quantitative estimate of drug-likeness (QED) is 0.291. The number of para-hydroxylation sites is 1. The van der Waals surface area contributed by atoms with E-state index in [9.17, 15) is 0 Å². The second kappa shape index (κ2) is 11.7. The average Bonchev–Trinajstić information content (AvgIpc) is 3.31. The van der Waals surface area contributed by atoms with Gasteiger partial charge in [0.2, 0.25) is 0 Å². The molecule has 9 heteroatoms. The maximum atomic E-state index is 5.26. The van der Waals surface area contributed by atoms with Crippen molar-refractivity contribution in [2.24, 2.45) is 4.99 Å². The Hall–Kier alpha value is -2.82. The van der Waals surface area contributed by atoms with Gasteiger partial charge in [-0.15, -0.1) is 34.2 Å². The van der Waals surface area contributed by atoms with Crippen molar-refractivity contribution in [1.29, 1.82) is 0 Å². The third-order valence-electron chi connectivity index (χ3n) is 5.37. The highest BCUT2D eigenvalue weighted by molar-refractivity contribution is 14.0. The molecule has 0 bridgehead atoms. The van der Waals surface area contributed by atoms with E-state index in [1.54, 1.807) is 13.4 Å². The molecule has 0 aliphatic carbocycles. The number of halogens is 1. The summed E-state index contributed by atoms with van der Waals surface area (Å²) in [5, 5.41) is 11.8. The van der Waals surface area contributed by atoms with E-state index >= 15 is 0 Å². The van der Waals surface area contributed by atoms with E-state index in [0.717, 1.165) is 55.9 Å². The van der Waals surface area contributed by atoms with Crippen LogP contribution in [-0.2, 0) is 6.54 Å². The van der Waals surface area contributed by atoms with Crippen LogP contribution in [0.1, 0.15) is 12.7 Å². The molecule has 0 radical (unpaired) electrons. The molecule has 2 aromatic carbocycles. The molecule has 0 spiro atoms. The number of piperazine rings is 1. The summed E-state index contributed by atoms with van der Waals surface area (Å²) in [4.78, 5) is 9.57. The second-order valence-electron chi connectivity index (χ2n) is 7.30. The van der Waals surface area contributed by atoms with Gasteiger partial charge in [-0.3, -0.25) is 4.57 Å². The summed E-state index contributed by atoms with van der Waals surface area (Å²) in [6.07, 6.45) is 1.74. The third kappa shape index (κ3) is 5.70. The fraction of sp³-hybridized carbons (Fsp3) is 0.348. The molecule has 0 amide bonds. The van der Waals surface area contributed by atoms with Gasteiger partial charge in [0.05, 0.1) is 7.11 Å². The van der Waals surface area contributed by atoms with Crippen LogP contribution in [-0.4, -0.2) is 65.5 Å². The molecule has 8 nitrogen and oxygen atoms in total. The Labute approximate surface area is 206 Å². The number of nitrogens with one attached hydrogen (secondary N) is 1. The highest BCUT2D eigenvalue weighted by Crippen LogP contribution is 2.20. The number of aromatic nitrogens is 3. The summed E-state index contributed by atoms with van der Waals surface area (Å²) < 4.78 is 7.24. The van der Waals surface area contributed by atoms with Gasteiger partial charge in [0.15, 0.2) is 11.8 Å². The van der Waals surface area contributed by atoms with Gasteiger partial charge in [-0.05, 0) is 43.3 Å². The molecule has 4 rings (SSSR count). The first-order valence-electron chi connectivity index (χ1n) is 10.6. The molecule has 0 saturated carbocycles. The predicted octanol–water partition coefficient (Wildman–Crippen LogP) is 3.18. The topological polar surface area (TPSA) is 70.8 Å². The average molecular weight is 547 g/mol. The molecule has 1 saturated heterocycles. The van der Waals surface area contributed by atoms with Crippen LogP contribution in [0, 0.1) is 0 Å². The van der Waals surface area contributed by atoms with Crippen molar-refractivity contribution in [3.63, 3.8) is 0 Å². The van der Waals surface area contributed by atoms with Crippen molar-refractivity contribution in [2.45, 2.75) is 13.5 Å². The standard InChI is InChI=1S/C23H29N7O.HI/c1-3-24-23(25-17-22-27-26-18-30(22)20-7-5-4-6-8-20)29-15-13-28(14-16-29)19-9-11-21(31-2)12-10-19;/h4-12,18H,3,13-17H2,1-2H3,(H,24,25);1H. The largest absolute Gasteiger partial charge is 0.497 e. The maximum absolute atomic E-state index is 5.26. The fourth-order valence-corrected chi connectivity index (χ4v) is 3.71. The number of ether oxygens (including phenoxy) is 1. The molecule has 3 aromatic rings. The molecule has 1 aliphatic heterocycles. The number of benzene rings is 2. The van der Waals surface area contributed by atoms with Crippen molar-refractivity contribution in [3.8, 4) is 11.4 Å². The molecule has 0 atom stereocenters. The molecule has 1 aromatic heterocycles. The van der Waals surface area contributed by atoms with Crippen LogP contribution >= 0.6 is 24.0 Å². The van der Waals surface area contributed by atoms with Crippen molar-refractivity contribution in [3.05, 3.63) is 66.7 Å². The number of methoxy groups -OCH3 is 1. The van der Waals surface area contributed by atoms with Crippen LogP contribution in [0.5, 0.6) is 5.75 Å².